The summed E-state index contributed by atoms with van der Waals surface area (Å²) in [4.78, 5) is 12.1. The molecule has 0 bridgehead atoms. The number of carbonyl (C=O) groups excluding carboxylic acids is 1. The van der Waals surface area contributed by atoms with Gasteiger partial charge in [0.15, 0.2) is 4.34 Å². The second-order valence-corrected chi connectivity index (χ2v) is 9.36. The number of nitrogens with zero attached hydrogens (tertiary/aromatic N) is 3. The molecule has 1 heterocycles. The summed E-state index contributed by atoms with van der Waals surface area (Å²) >= 11 is 2.80. The van der Waals surface area contributed by atoms with E-state index in [1.54, 1.807) is 6.21 Å². The first-order valence-corrected chi connectivity index (χ1v) is 12.1. The van der Waals surface area contributed by atoms with E-state index in [0.717, 1.165) is 31.8 Å². The van der Waals surface area contributed by atoms with Crippen LogP contribution < -0.4 is 10.2 Å². The molecule has 1 N–H and O–H groups in total. The van der Waals surface area contributed by atoms with Crippen molar-refractivity contribution in [1.82, 2.24) is 15.6 Å². The molecular formula is C25H22N4O2S2. The van der Waals surface area contributed by atoms with Gasteiger partial charge in [-0.15, -0.1) is 10.2 Å². The van der Waals surface area contributed by atoms with E-state index in [0.29, 0.717) is 6.61 Å². The molecule has 0 aliphatic carbocycles. The predicted molar refractivity (Wildman–Crippen MR) is 134 cm³/mol. The molecule has 6 nitrogen and oxygen atoms in total. The number of hydrogen-bond donors (Lipinski definition) is 1. The second kappa shape index (κ2) is 11.4. The van der Waals surface area contributed by atoms with Gasteiger partial charge in [-0.1, -0.05) is 83.3 Å². The average Bonchev–Trinajstić information content (AvgIpc) is 3.33. The average molecular weight is 475 g/mol. The van der Waals surface area contributed by atoms with Crippen LogP contribution in [0.4, 0.5) is 0 Å². The maximum absolute atomic E-state index is 12.1. The lowest BCUT2D eigenvalue weighted by atomic mass is 10.2. The summed E-state index contributed by atoms with van der Waals surface area (Å²) in [5.41, 5.74) is 6.77. The Labute approximate surface area is 200 Å². The Bertz CT molecular complexity index is 1210. The summed E-state index contributed by atoms with van der Waals surface area (Å²) in [7, 11) is 0. The number of rotatable bonds is 9. The molecule has 0 saturated carbocycles. The van der Waals surface area contributed by atoms with Gasteiger partial charge in [-0.3, -0.25) is 4.79 Å². The van der Waals surface area contributed by atoms with E-state index in [1.807, 2.05) is 54.6 Å². The predicted octanol–water partition coefficient (Wildman–Crippen LogP) is 5.33. The van der Waals surface area contributed by atoms with Gasteiger partial charge in [0.25, 0.3) is 5.91 Å². The van der Waals surface area contributed by atoms with Crippen molar-refractivity contribution in [2.75, 3.05) is 5.75 Å². The number of hydrazone groups is 1. The standard InChI is InChI=1S/C25H22N4O2S2/c1-18-7-9-20(10-8-18)16-31-22-13-11-19(12-14-22)15-26-27-23(30)17-32-25-29-28-24(33-25)21-5-3-2-4-6-21/h2-15H,16-17H2,1H3,(H,27,30). The summed E-state index contributed by atoms with van der Waals surface area (Å²) in [5, 5.41) is 13.2. The normalized spacial score (nSPS) is 10.9. The Balaban J connectivity index is 1.20. The molecule has 166 valence electrons. The third-order valence-corrected chi connectivity index (χ3v) is 6.67. The highest BCUT2D eigenvalue weighted by atomic mass is 32.2. The van der Waals surface area contributed by atoms with Crippen molar-refractivity contribution < 1.29 is 9.53 Å². The first-order chi connectivity index (χ1) is 16.2. The molecule has 1 aromatic heterocycles. The van der Waals surface area contributed by atoms with Crippen LogP contribution in [0.5, 0.6) is 5.75 Å². The zero-order valence-corrected chi connectivity index (χ0v) is 19.6. The lowest BCUT2D eigenvalue weighted by Crippen LogP contribution is -2.19. The second-order valence-electron chi connectivity index (χ2n) is 7.16. The van der Waals surface area contributed by atoms with E-state index in [-0.39, 0.29) is 11.7 Å². The lowest BCUT2D eigenvalue weighted by molar-refractivity contribution is -0.118. The minimum Gasteiger partial charge on any atom is -0.489 e. The van der Waals surface area contributed by atoms with Crippen LogP contribution in [0.15, 0.2) is 88.3 Å². The molecule has 0 aliphatic heterocycles. The maximum Gasteiger partial charge on any atom is 0.250 e. The van der Waals surface area contributed by atoms with Crippen LogP contribution in [0.1, 0.15) is 16.7 Å². The number of amides is 1. The van der Waals surface area contributed by atoms with Crippen molar-refractivity contribution in [3.05, 3.63) is 95.6 Å². The number of benzene rings is 3. The monoisotopic (exact) mass is 474 g/mol. The molecule has 0 saturated heterocycles. The van der Waals surface area contributed by atoms with Gasteiger partial charge in [0.05, 0.1) is 12.0 Å². The van der Waals surface area contributed by atoms with E-state index < -0.39 is 0 Å². The fourth-order valence-electron chi connectivity index (χ4n) is 2.80. The summed E-state index contributed by atoms with van der Waals surface area (Å²) in [5.74, 6) is 0.790. The SMILES string of the molecule is Cc1ccc(COc2ccc(C=NNC(=O)CSc3nnc(-c4ccccc4)s3)cc2)cc1. The molecule has 0 unspecified atom stereocenters. The minimum absolute atomic E-state index is 0.203. The number of thioether (sulfide) groups is 1. The maximum atomic E-state index is 12.1. The summed E-state index contributed by atoms with van der Waals surface area (Å²) in [6.07, 6.45) is 1.60. The van der Waals surface area contributed by atoms with Crippen molar-refractivity contribution in [2.24, 2.45) is 5.10 Å². The van der Waals surface area contributed by atoms with Gasteiger partial charge in [-0.2, -0.15) is 5.10 Å². The van der Waals surface area contributed by atoms with E-state index >= 15 is 0 Å². The van der Waals surface area contributed by atoms with Gasteiger partial charge >= 0.3 is 0 Å². The molecule has 4 rings (SSSR count). The van der Waals surface area contributed by atoms with Crippen LogP contribution in [0.3, 0.4) is 0 Å². The molecule has 0 atom stereocenters. The number of hydrogen-bond acceptors (Lipinski definition) is 7. The molecular weight excluding hydrogens is 452 g/mol. The fourth-order valence-corrected chi connectivity index (χ4v) is 4.45. The Morgan fingerprint density at radius 1 is 1.03 bits per heavy atom. The number of aryl methyl sites for hydroxylation is 1. The smallest absolute Gasteiger partial charge is 0.250 e. The van der Waals surface area contributed by atoms with Gasteiger partial charge in [-0.25, -0.2) is 5.43 Å². The van der Waals surface area contributed by atoms with E-state index in [2.05, 4.69) is 51.9 Å². The topological polar surface area (TPSA) is 76.5 Å². The third kappa shape index (κ3) is 7.00. The zero-order valence-electron chi connectivity index (χ0n) is 18.0. The quantitative estimate of drug-likeness (QED) is 0.201. The lowest BCUT2D eigenvalue weighted by Gasteiger charge is -2.06. The molecule has 0 fully saturated rings. The molecule has 4 aromatic rings. The van der Waals surface area contributed by atoms with E-state index in [1.165, 1.54) is 28.7 Å². The van der Waals surface area contributed by atoms with Crippen molar-refractivity contribution in [3.63, 3.8) is 0 Å². The number of nitrogens with one attached hydrogen (secondary N) is 1. The Kier molecular flexibility index (Phi) is 7.84. The largest absolute Gasteiger partial charge is 0.489 e. The highest BCUT2D eigenvalue weighted by Crippen LogP contribution is 2.28. The Hall–Kier alpha value is -3.49. The minimum atomic E-state index is -0.203. The van der Waals surface area contributed by atoms with E-state index in [4.69, 9.17) is 4.74 Å². The van der Waals surface area contributed by atoms with E-state index in [9.17, 15) is 4.79 Å². The van der Waals surface area contributed by atoms with Crippen molar-refractivity contribution in [1.29, 1.82) is 0 Å². The molecule has 8 heteroatoms. The summed E-state index contributed by atoms with van der Waals surface area (Å²) in [6.45, 7) is 2.58. The Morgan fingerprint density at radius 3 is 2.55 bits per heavy atom. The van der Waals surface area contributed by atoms with Gasteiger partial charge in [0.2, 0.25) is 0 Å². The zero-order chi connectivity index (χ0) is 22.9. The first kappa shape index (κ1) is 22.7. The molecule has 0 spiro atoms. The molecule has 1 amide bonds. The fraction of sp³-hybridized carbons (Fsp3) is 0.120. The van der Waals surface area contributed by atoms with Gasteiger partial charge in [0.1, 0.15) is 17.4 Å². The molecule has 3 aromatic carbocycles. The highest BCUT2D eigenvalue weighted by Gasteiger charge is 2.09. The van der Waals surface area contributed by atoms with Crippen LogP contribution in [-0.4, -0.2) is 28.1 Å². The van der Waals surface area contributed by atoms with Gasteiger partial charge < -0.3 is 4.74 Å². The number of aromatic nitrogens is 2. The highest BCUT2D eigenvalue weighted by molar-refractivity contribution is 8.01. The Morgan fingerprint density at radius 2 is 1.79 bits per heavy atom. The van der Waals surface area contributed by atoms with Crippen LogP contribution in [0, 0.1) is 6.92 Å². The van der Waals surface area contributed by atoms with Crippen molar-refractivity contribution in [3.8, 4) is 16.3 Å². The van der Waals surface area contributed by atoms with Crippen molar-refractivity contribution in [2.45, 2.75) is 17.9 Å². The molecule has 0 radical (unpaired) electrons. The van der Waals surface area contributed by atoms with Crippen molar-refractivity contribution >= 4 is 35.2 Å². The van der Waals surface area contributed by atoms with Crippen LogP contribution >= 0.6 is 23.1 Å². The summed E-state index contributed by atoms with van der Waals surface area (Å²) in [6, 6.07) is 25.7. The van der Waals surface area contributed by atoms with Crippen LogP contribution in [0.25, 0.3) is 10.6 Å². The summed E-state index contributed by atoms with van der Waals surface area (Å²) < 4.78 is 6.55. The van der Waals surface area contributed by atoms with Crippen LogP contribution in [-0.2, 0) is 11.4 Å². The first-order valence-electron chi connectivity index (χ1n) is 10.3. The molecule has 0 aliphatic rings. The van der Waals surface area contributed by atoms with Crippen LogP contribution in [0.2, 0.25) is 0 Å². The van der Waals surface area contributed by atoms with Gasteiger partial charge in [-0.05, 0) is 42.3 Å². The number of carbonyl (C=O) groups is 1. The third-order valence-electron chi connectivity index (χ3n) is 4.56. The molecule has 33 heavy (non-hydrogen) atoms. The number of ether oxygens (including phenoxy) is 1. The van der Waals surface area contributed by atoms with Gasteiger partial charge in [0, 0.05) is 5.56 Å².